The fraction of sp³-hybridized carbons (Fsp3) is 0.120. The molecule has 0 amide bonds. The first-order valence-corrected chi connectivity index (χ1v) is 18.3. The van der Waals surface area contributed by atoms with Crippen molar-refractivity contribution in [3.8, 4) is 33.8 Å². The Bertz CT molecular complexity index is 2260. The van der Waals surface area contributed by atoms with Crippen molar-refractivity contribution in [2.75, 3.05) is 0 Å². The number of hydrogen-bond donors (Lipinski definition) is 2. The number of phenolic OH excluding ortho intramolecular Hbond substituents is 2. The van der Waals surface area contributed by atoms with Crippen LogP contribution in [0.5, 0.6) is 11.5 Å². The van der Waals surface area contributed by atoms with Crippen LogP contribution in [0.4, 0.5) is 0 Å². The van der Waals surface area contributed by atoms with Gasteiger partial charge in [0.25, 0.3) is 0 Å². The molecule has 0 spiro atoms. The molecule has 7 aromatic rings. The van der Waals surface area contributed by atoms with Crippen molar-refractivity contribution < 1.29 is 10.2 Å². The van der Waals surface area contributed by atoms with Crippen LogP contribution in [0.15, 0.2) is 192 Å². The molecule has 0 saturated carbocycles. The minimum Gasteiger partial charge on any atom is -0.507 e. The number of benzene rings is 7. The maximum absolute atomic E-state index is 11.3. The molecule has 7 rings (SSSR count). The van der Waals surface area contributed by atoms with Gasteiger partial charge in [-0.25, -0.2) is 0 Å². The zero-order chi connectivity index (χ0) is 37.7. The molecule has 4 heteroatoms. The fourth-order valence-corrected chi connectivity index (χ4v) is 6.79. The Morgan fingerprint density at radius 1 is 0.370 bits per heavy atom. The van der Waals surface area contributed by atoms with Gasteiger partial charge in [0, 0.05) is 22.3 Å². The summed E-state index contributed by atoms with van der Waals surface area (Å²) in [5.41, 5.74) is 9.34. The van der Waals surface area contributed by atoms with Crippen LogP contribution in [-0.2, 0) is 11.1 Å². The van der Waals surface area contributed by atoms with Gasteiger partial charge in [0.1, 0.15) is 11.5 Å². The molecule has 0 fully saturated rings. The van der Waals surface area contributed by atoms with E-state index >= 15 is 0 Å². The molecule has 0 aliphatic rings. The summed E-state index contributed by atoms with van der Waals surface area (Å²) in [6.07, 6.45) is 0. The molecule has 0 heterocycles. The van der Waals surface area contributed by atoms with E-state index in [0.717, 1.165) is 44.5 Å². The molecule has 0 unspecified atom stereocenters. The van der Waals surface area contributed by atoms with Gasteiger partial charge in [0.2, 0.25) is 0 Å². The standard InChI is InChI=1S/C50H44N2O2/c1-49(2,51-47(37-22-13-7-14-23-37)43-32-39(28-30-45(43)53)35-18-9-5-10-19-35)41-26-17-27-42(34-41)50(3,4)52-48(38-24-15-8-16-25-38)44-33-40(29-31-46(44)54)36-20-11-6-12-21-36/h5-34,53-54H,1-4H3. The highest BCUT2D eigenvalue weighted by Gasteiger charge is 2.28. The van der Waals surface area contributed by atoms with E-state index in [1.54, 1.807) is 12.1 Å². The topological polar surface area (TPSA) is 65.2 Å². The van der Waals surface area contributed by atoms with Crippen LogP contribution in [0.3, 0.4) is 0 Å². The number of aliphatic imine (C=N–C) groups is 2. The van der Waals surface area contributed by atoms with Gasteiger partial charge in [-0.1, -0.05) is 158 Å². The van der Waals surface area contributed by atoms with Crippen molar-refractivity contribution in [2.24, 2.45) is 9.98 Å². The highest BCUT2D eigenvalue weighted by Crippen LogP contribution is 2.36. The molecular formula is C50H44N2O2. The summed E-state index contributed by atoms with van der Waals surface area (Å²) in [6, 6.07) is 60.3. The maximum atomic E-state index is 11.3. The van der Waals surface area contributed by atoms with Crippen molar-refractivity contribution in [1.29, 1.82) is 0 Å². The van der Waals surface area contributed by atoms with Crippen molar-refractivity contribution in [2.45, 2.75) is 38.8 Å². The predicted octanol–water partition coefficient (Wildman–Crippen LogP) is 12.0. The van der Waals surface area contributed by atoms with E-state index in [1.807, 2.05) is 121 Å². The lowest BCUT2D eigenvalue weighted by Crippen LogP contribution is -2.22. The minimum atomic E-state index is -0.694. The van der Waals surface area contributed by atoms with Crippen LogP contribution in [0, 0.1) is 0 Å². The smallest absolute Gasteiger partial charge is 0.125 e. The highest BCUT2D eigenvalue weighted by molar-refractivity contribution is 6.16. The Morgan fingerprint density at radius 3 is 1.09 bits per heavy atom. The summed E-state index contributed by atoms with van der Waals surface area (Å²) < 4.78 is 0. The summed E-state index contributed by atoms with van der Waals surface area (Å²) in [5.74, 6) is 0.343. The average molecular weight is 705 g/mol. The molecule has 54 heavy (non-hydrogen) atoms. The van der Waals surface area contributed by atoms with E-state index in [1.165, 1.54) is 0 Å². The Morgan fingerprint density at radius 2 is 0.722 bits per heavy atom. The lowest BCUT2D eigenvalue weighted by molar-refractivity contribution is 0.473. The van der Waals surface area contributed by atoms with Crippen LogP contribution in [0.1, 0.15) is 61.1 Å². The number of nitrogens with zero attached hydrogens (tertiary/aromatic N) is 2. The average Bonchev–Trinajstić information content (AvgIpc) is 3.21. The fourth-order valence-electron chi connectivity index (χ4n) is 6.79. The molecule has 0 bridgehead atoms. The van der Waals surface area contributed by atoms with Gasteiger partial charge < -0.3 is 10.2 Å². The lowest BCUT2D eigenvalue weighted by Gasteiger charge is -2.28. The van der Waals surface area contributed by atoms with Gasteiger partial charge in [-0.15, -0.1) is 0 Å². The minimum absolute atomic E-state index is 0.172. The summed E-state index contributed by atoms with van der Waals surface area (Å²) >= 11 is 0. The third kappa shape index (κ3) is 7.79. The van der Waals surface area contributed by atoms with E-state index in [-0.39, 0.29) is 11.5 Å². The monoisotopic (exact) mass is 704 g/mol. The molecule has 0 aromatic heterocycles. The largest absolute Gasteiger partial charge is 0.507 e. The van der Waals surface area contributed by atoms with Gasteiger partial charge >= 0.3 is 0 Å². The molecule has 0 aliphatic heterocycles. The second kappa shape index (κ2) is 15.2. The van der Waals surface area contributed by atoms with E-state index < -0.39 is 11.1 Å². The molecule has 7 aromatic carbocycles. The first-order chi connectivity index (χ1) is 26.1. The van der Waals surface area contributed by atoms with Crippen molar-refractivity contribution in [3.05, 3.63) is 215 Å². The Kier molecular flexibility index (Phi) is 10.1. The van der Waals surface area contributed by atoms with Gasteiger partial charge in [-0.2, -0.15) is 0 Å². The summed E-state index contributed by atoms with van der Waals surface area (Å²) in [5, 5.41) is 22.6. The molecule has 4 nitrogen and oxygen atoms in total. The van der Waals surface area contributed by atoms with Gasteiger partial charge in [0.15, 0.2) is 0 Å². The molecule has 0 radical (unpaired) electrons. The van der Waals surface area contributed by atoms with Crippen LogP contribution in [0.2, 0.25) is 0 Å². The van der Waals surface area contributed by atoms with Crippen LogP contribution < -0.4 is 0 Å². The van der Waals surface area contributed by atoms with Gasteiger partial charge in [0.05, 0.1) is 22.5 Å². The molecule has 0 aliphatic carbocycles. The molecule has 0 saturated heterocycles. The van der Waals surface area contributed by atoms with Crippen molar-refractivity contribution in [1.82, 2.24) is 0 Å². The highest BCUT2D eigenvalue weighted by atomic mass is 16.3. The maximum Gasteiger partial charge on any atom is 0.125 e. The Labute approximate surface area is 318 Å². The second-order valence-corrected chi connectivity index (χ2v) is 14.5. The quantitative estimate of drug-likeness (QED) is 0.139. The Hall–Kier alpha value is -6.52. The molecule has 266 valence electrons. The third-order valence-electron chi connectivity index (χ3n) is 9.87. The van der Waals surface area contributed by atoms with Crippen molar-refractivity contribution >= 4 is 11.4 Å². The van der Waals surface area contributed by atoms with E-state index in [9.17, 15) is 10.2 Å². The molecule has 2 N–H and O–H groups in total. The normalized spacial score (nSPS) is 12.4. The molecular weight excluding hydrogens is 661 g/mol. The zero-order valence-electron chi connectivity index (χ0n) is 31.1. The van der Waals surface area contributed by atoms with E-state index in [4.69, 9.17) is 9.98 Å². The van der Waals surface area contributed by atoms with Gasteiger partial charge in [-0.05, 0) is 85.3 Å². The van der Waals surface area contributed by atoms with Crippen LogP contribution in [-0.4, -0.2) is 21.6 Å². The third-order valence-corrected chi connectivity index (χ3v) is 9.87. The predicted molar refractivity (Wildman–Crippen MR) is 224 cm³/mol. The van der Waals surface area contributed by atoms with Crippen LogP contribution >= 0.6 is 0 Å². The Balaban J connectivity index is 1.32. The zero-order valence-corrected chi connectivity index (χ0v) is 31.1. The number of rotatable bonds is 10. The number of aromatic hydroxyl groups is 2. The SMILES string of the molecule is CC(C)(N=C(c1ccccc1)c1cc(-c2ccccc2)ccc1O)c1cccc(C(C)(C)N=C(c2ccccc2)c2cc(-c3ccccc3)ccc2O)c1. The van der Waals surface area contributed by atoms with E-state index in [0.29, 0.717) is 22.6 Å². The van der Waals surface area contributed by atoms with Crippen molar-refractivity contribution in [3.63, 3.8) is 0 Å². The second-order valence-electron chi connectivity index (χ2n) is 14.5. The number of hydrogen-bond acceptors (Lipinski definition) is 4. The summed E-state index contributed by atoms with van der Waals surface area (Å²) in [7, 11) is 0. The summed E-state index contributed by atoms with van der Waals surface area (Å²) in [4.78, 5) is 10.9. The van der Waals surface area contributed by atoms with E-state index in [2.05, 4.69) is 76.2 Å². The van der Waals surface area contributed by atoms with Crippen LogP contribution in [0.25, 0.3) is 22.3 Å². The first-order valence-electron chi connectivity index (χ1n) is 18.3. The first kappa shape index (κ1) is 35.9. The lowest BCUT2D eigenvalue weighted by atomic mass is 9.86. The molecule has 0 atom stereocenters. The van der Waals surface area contributed by atoms with Gasteiger partial charge in [-0.3, -0.25) is 9.98 Å². The number of phenols is 2. The summed E-state index contributed by atoms with van der Waals surface area (Å²) in [6.45, 7) is 8.41.